The van der Waals surface area contributed by atoms with Gasteiger partial charge in [-0.3, -0.25) is 10.1 Å². The van der Waals surface area contributed by atoms with Crippen LogP contribution < -0.4 is 10.1 Å². The SMILES string of the molecule is COc1ccc(S(=O)(=O)N2CCN(C(=O)NC3CC3)CC2)cc1[N+](=O)[O-]. The molecule has 142 valence electrons. The molecule has 3 rings (SSSR count). The van der Waals surface area contributed by atoms with Crippen LogP contribution in [0.5, 0.6) is 5.75 Å². The van der Waals surface area contributed by atoms with E-state index < -0.39 is 20.6 Å². The van der Waals surface area contributed by atoms with Crippen LogP contribution in [0.1, 0.15) is 12.8 Å². The molecule has 10 nitrogen and oxygen atoms in total. The highest BCUT2D eigenvalue weighted by molar-refractivity contribution is 7.89. The van der Waals surface area contributed by atoms with Crippen molar-refractivity contribution in [1.29, 1.82) is 0 Å². The molecule has 1 aromatic rings. The Kier molecular flexibility index (Phi) is 5.01. The summed E-state index contributed by atoms with van der Waals surface area (Å²) in [6.07, 6.45) is 1.96. The summed E-state index contributed by atoms with van der Waals surface area (Å²) >= 11 is 0. The Bertz CT molecular complexity index is 815. The van der Waals surface area contributed by atoms with Crippen molar-refractivity contribution >= 4 is 21.7 Å². The predicted octanol–water partition coefficient (Wildman–Crippen LogP) is 0.782. The molecule has 0 spiro atoms. The van der Waals surface area contributed by atoms with Crippen LogP contribution in [0.15, 0.2) is 23.1 Å². The summed E-state index contributed by atoms with van der Waals surface area (Å²) in [4.78, 5) is 23.9. The van der Waals surface area contributed by atoms with Crippen LogP contribution in [-0.4, -0.2) is 67.9 Å². The molecule has 0 bridgehead atoms. The van der Waals surface area contributed by atoms with Gasteiger partial charge in [0.2, 0.25) is 10.0 Å². The number of benzene rings is 1. The number of urea groups is 1. The third-order valence-electron chi connectivity index (χ3n) is 4.42. The lowest BCUT2D eigenvalue weighted by Gasteiger charge is -2.34. The van der Waals surface area contributed by atoms with E-state index in [1.165, 1.54) is 23.5 Å². The largest absolute Gasteiger partial charge is 0.490 e. The van der Waals surface area contributed by atoms with E-state index in [9.17, 15) is 23.3 Å². The number of ether oxygens (including phenoxy) is 1. The first kappa shape index (κ1) is 18.4. The molecule has 1 aliphatic carbocycles. The fourth-order valence-electron chi connectivity index (χ4n) is 2.75. The number of nitro benzene ring substituents is 1. The zero-order chi connectivity index (χ0) is 18.9. The normalized spacial score (nSPS) is 18.4. The topological polar surface area (TPSA) is 122 Å². The van der Waals surface area contributed by atoms with Gasteiger partial charge in [-0.1, -0.05) is 0 Å². The quantitative estimate of drug-likeness (QED) is 0.591. The van der Waals surface area contributed by atoms with E-state index in [1.54, 1.807) is 4.90 Å². The molecule has 2 fully saturated rings. The Hall–Kier alpha value is -2.40. The molecule has 2 amide bonds. The fraction of sp³-hybridized carbons (Fsp3) is 0.533. The summed E-state index contributed by atoms with van der Waals surface area (Å²) in [6.45, 7) is 0.826. The van der Waals surface area contributed by atoms with E-state index in [0.29, 0.717) is 0 Å². The van der Waals surface area contributed by atoms with Gasteiger partial charge in [0.1, 0.15) is 0 Å². The minimum atomic E-state index is -3.89. The number of hydrogen-bond acceptors (Lipinski definition) is 6. The van der Waals surface area contributed by atoms with Gasteiger partial charge in [-0.05, 0) is 25.0 Å². The minimum absolute atomic E-state index is 0.00415. The van der Waals surface area contributed by atoms with Crippen LogP contribution in [0.2, 0.25) is 0 Å². The second-order valence-corrected chi connectivity index (χ2v) is 8.14. The molecular formula is C15H20N4O6S. The monoisotopic (exact) mass is 384 g/mol. The van der Waals surface area contributed by atoms with Crippen molar-refractivity contribution < 1.29 is 22.9 Å². The summed E-state index contributed by atoms with van der Waals surface area (Å²) in [5, 5.41) is 14.0. The van der Waals surface area contributed by atoms with Crippen LogP contribution in [0, 0.1) is 10.1 Å². The first-order valence-corrected chi connectivity index (χ1v) is 9.65. The number of rotatable bonds is 5. The molecule has 2 aliphatic rings. The summed E-state index contributed by atoms with van der Waals surface area (Å²) in [5.74, 6) is -0.00415. The molecule has 0 unspecified atom stereocenters. The molecule has 1 heterocycles. The van der Waals surface area contributed by atoms with Gasteiger partial charge in [-0.2, -0.15) is 4.31 Å². The minimum Gasteiger partial charge on any atom is -0.490 e. The van der Waals surface area contributed by atoms with Gasteiger partial charge < -0.3 is 15.0 Å². The molecule has 26 heavy (non-hydrogen) atoms. The molecule has 1 aliphatic heterocycles. The van der Waals surface area contributed by atoms with Crippen LogP contribution in [0.3, 0.4) is 0 Å². The van der Waals surface area contributed by atoms with E-state index in [1.807, 2.05) is 0 Å². The lowest BCUT2D eigenvalue weighted by Crippen LogP contribution is -2.53. The average Bonchev–Trinajstić information content (AvgIpc) is 3.45. The lowest BCUT2D eigenvalue weighted by molar-refractivity contribution is -0.386. The number of sulfonamides is 1. The molecule has 0 aromatic heterocycles. The summed E-state index contributed by atoms with van der Waals surface area (Å²) < 4.78 is 31.7. The second kappa shape index (κ2) is 7.08. The third kappa shape index (κ3) is 3.73. The number of nitrogens with one attached hydrogen (secondary N) is 1. The molecule has 1 saturated carbocycles. The molecular weight excluding hydrogens is 364 g/mol. The van der Waals surface area contributed by atoms with Crippen molar-refractivity contribution in [2.45, 2.75) is 23.8 Å². The number of nitrogens with zero attached hydrogens (tertiary/aromatic N) is 3. The van der Waals surface area contributed by atoms with Crippen molar-refractivity contribution in [3.8, 4) is 5.75 Å². The van der Waals surface area contributed by atoms with Crippen molar-refractivity contribution in [2.75, 3.05) is 33.3 Å². The standard InChI is InChI=1S/C15H20N4O6S/c1-25-14-5-4-12(10-13(14)19(21)22)26(23,24)18-8-6-17(7-9-18)15(20)16-11-2-3-11/h4-5,10-11H,2-3,6-9H2,1H3,(H,16,20). The van der Waals surface area contributed by atoms with Crippen LogP contribution in [-0.2, 0) is 10.0 Å². The molecule has 1 saturated heterocycles. The molecule has 0 radical (unpaired) electrons. The van der Waals surface area contributed by atoms with E-state index >= 15 is 0 Å². The zero-order valence-electron chi connectivity index (χ0n) is 14.3. The Balaban J connectivity index is 1.72. The number of carbonyl (C=O) groups excluding carboxylic acids is 1. The highest BCUT2D eigenvalue weighted by Crippen LogP contribution is 2.30. The number of piperazine rings is 1. The first-order chi connectivity index (χ1) is 12.3. The Morgan fingerprint density at radius 1 is 1.27 bits per heavy atom. The van der Waals surface area contributed by atoms with Gasteiger partial charge in [0.25, 0.3) is 0 Å². The van der Waals surface area contributed by atoms with Gasteiger partial charge in [0, 0.05) is 38.3 Å². The van der Waals surface area contributed by atoms with Crippen LogP contribution >= 0.6 is 0 Å². The summed E-state index contributed by atoms with van der Waals surface area (Å²) in [7, 11) is -2.61. The second-order valence-electron chi connectivity index (χ2n) is 6.21. The average molecular weight is 384 g/mol. The smallest absolute Gasteiger partial charge is 0.317 e. The highest BCUT2D eigenvalue weighted by atomic mass is 32.2. The van der Waals surface area contributed by atoms with Gasteiger partial charge in [0.15, 0.2) is 5.75 Å². The lowest BCUT2D eigenvalue weighted by atomic mass is 10.3. The Morgan fingerprint density at radius 3 is 2.46 bits per heavy atom. The Labute approximate surface area is 150 Å². The molecule has 1 aromatic carbocycles. The van der Waals surface area contributed by atoms with Gasteiger partial charge >= 0.3 is 11.7 Å². The van der Waals surface area contributed by atoms with Crippen molar-refractivity contribution in [3.63, 3.8) is 0 Å². The Morgan fingerprint density at radius 2 is 1.92 bits per heavy atom. The van der Waals surface area contributed by atoms with Gasteiger partial charge in [-0.15, -0.1) is 0 Å². The fourth-order valence-corrected chi connectivity index (χ4v) is 4.19. The van der Waals surface area contributed by atoms with Crippen molar-refractivity contribution in [1.82, 2.24) is 14.5 Å². The number of hydrogen-bond donors (Lipinski definition) is 1. The maximum atomic E-state index is 12.8. The zero-order valence-corrected chi connectivity index (χ0v) is 15.1. The summed E-state index contributed by atoms with van der Waals surface area (Å²) in [6, 6.07) is 3.62. The van der Waals surface area contributed by atoms with Gasteiger partial charge in [0.05, 0.1) is 16.9 Å². The highest BCUT2D eigenvalue weighted by Gasteiger charge is 2.33. The van der Waals surface area contributed by atoms with E-state index in [0.717, 1.165) is 18.9 Å². The molecule has 0 atom stereocenters. The first-order valence-electron chi connectivity index (χ1n) is 8.21. The van der Waals surface area contributed by atoms with E-state index in [2.05, 4.69) is 5.32 Å². The van der Waals surface area contributed by atoms with E-state index in [-0.39, 0.29) is 48.9 Å². The maximum Gasteiger partial charge on any atom is 0.317 e. The van der Waals surface area contributed by atoms with Gasteiger partial charge in [-0.25, -0.2) is 13.2 Å². The number of nitro groups is 1. The number of carbonyl (C=O) groups is 1. The third-order valence-corrected chi connectivity index (χ3v) is 6.31. The molecule has 1 N–H and O–H groups in total. The number of methoxy groups -OCH3 is 1. The maximum absolute atomic E-state index is 12.8. The van der Waals surface area contributed by atoms with Crippen LogP contribution in [0.25, 0.3) is 0 Å². The summed E-state index contributed by atoms with van der Waals surface area (Å²) in [5.41, 5.74) is -0.406. The van der Waals surface area contributed by atoms with Crippen molar-refractivity contribution in [3.05, 3.63) is 28.3 Å². The van der Waals surface area contributed by atoms with Crippen LogP contribution in [0.4, 0.5) is 10.5 Å². The molecule has 11 heteroatoms. The van der Waals surface area contributed by atoms with Crippen molar-refractivity contribution in [2.24, 2.45) is 0 Å². The van der Waals surface area contributed by atoms with E-state index in [4.69, 9.17) is 4.74 Å². The predicted molar refractivity (Wildman–Crippen MR) is 91.5 cm³/mol. The number of amides is 2.